The lowest BCUT2D eigenvalue weighted by Gasteiger charge is -2.08. The number of nitriles is 1. The zero-order valence-electron chi connectivity index (χ0n) is 7.59. The number of hydrogen-bond acceptors (Lipinski definition) is 2. The molecule has 0 amide bonds. The van der Waals surface area contributed by atoms with Crippen molar-refractivity contribution in [2.24, 2.45) is 10.9 Å². The Morgan fingerprint density at radius 1 is 1.67 bits per heavy atom. The van der Waals surface area contributed by atoms with Gasteiger partial charge in [-0.05, 0) is 6.92 Å². The van der Waals surface area contributed by atoms with Crippen molar-refractivity contribution < 1.29 is 0 Å². The molecule has 0 aromatic heterocycles. The van der Waals surface area contributed by atoms with E-state index in [-0.39, 0.29) is 29.9 Å². The van der Waals surface area contributed by atoms with Gasteiger partial charge in [-0.15, -0.1) is 24.0 Å². The third kappa shape index (κ3) is 6.22. The van der Waals surface area contributed by atoms with E-state index in [1.165, 1.54) is 0 Å². The van der Waals surface area contributed by atoms with E-state index in [2.05, 4.69) is 21.7 Å². The zero-order chi connectivity index (χ0) is 8.69. The van der Waals surface area contributed by atoms with Crippen molar-refractivity contribution >= 4 is 29.9 Å². The lowest BCUT2D eigenvalue weighted by Crippen LogP contribution is -2.36. The highest BCUT2D eigenvalue weighted by molar-refractivity contribution is 14.0. The van der Waals surface area contributed by atoms with E-state index in [0.717, 1.165) is 0 Å². The van der Waals surface area contributed by atoms with E-state index in [9.17, 15) is 0 Å². The van der Waals surface area contributed by atoms with Crippen molar-refractivity contribution in [2.45, 2.75) is 6.92 Å². The first-order valence-corrected chi connectivity index (χ1v) is 3.52. The summed E-state index contributed by atoms with van der Waals surface area (Å²) in [6.07, 6.45) is 0. The van der Waals surface area contributed by atoms with E-state index in [4.69, 9.17) is 5.26 Å². The summed E-state index contributed by atoms with van der Waals surface area (Å²) < 4.78 is 0. The van der Waals surface area contributed by atoms with Crippen LogP contribution >= 0.6 is 24.0 Å². The molecule has 1 atom stereocenters. The number of rotatable bonds is 2. The topological polar surface area (TPSA) is 60.2 Å². The molecule has 0 aliphatic rings. The average Bonchev–Trinajstić information content (AvgIpc) is 2.06. The van der Waals surface area contributed by atoms with E-state index >= 15 is 0 Å². The molecule has 2 N–H and O–H groups in total. The Morgan fingerprint density at radius 3 is 2.58 bits per heavy atom. The quantitative estimate of drug-likeness (QED) is 0.442. The maximum Gasteiger partial charge on any atom is 0.190 e. The van der Waals surface area contributed by atoms with Gasteiger partial charge in [-0.3, -0.25) is 4.99 Å². The van der Waals surface area contributed by atoms with Gasteiger partial charge in [0.05, 0.1) is 12.0 Å². The molecule has 0 heterocycles. The summed E-state index contributed by atoms with van der Waals surface area (Å²) in [5.74, 6) is 0.729. The molecule has 0 saturated carbocycles. The van der Waals surface area contributed by atoms with Crippen molar-refractivity contribution in [3.05, 3.63) is 0 Å². The standard InChI is InChI=1S/C7H14N4.HI/c1-6(4-8)5-11-7(9-2)10-3;/h6H,5H2,1-3H3,(H2,9,10,11);1H. The molecule has 5 heteroatoms. The maximum absolute atomic E-state index is 8.44. The van der Waals surface area contributed by atoms with Crippen molar-refractivity contribution in [1.29, 1.82) is 5.26 Å². The van der Waals surface area contributed by atoms with Gasteiger partial charge in [-0.2, -0.15) is 5.26 Å². The second-order valence-electron chi connectivity index (χ2n) is 2.23. The number of nitrogens with zero attached hydrogens (tertiary/aromatic N) is 2. The third-order valence-electron chi connectivity index (χ3n) is 1.26. The molecule has 12 heavy (non-hydrogen) atoms. The summed E-state index contributed by atoms with van der Waals surface area (Å²) in [5.41, 5.74) is 0. The van der Waals surface area contributed by atoms with Crippen LogP contribution in [0.25, 0.3) is 0 Å². The van der Waals surface area contributed by atoms with Crippen LogP contribution in [-0.4, -0.2) is 26.6 Å². The fourth-order valence-corrected chi connectivity index (χ4v) is 0.575. The molecule has 70 valence electrons. The summed E-state index contributed by atoms with van der Waals surface area (Å²) in [5, 5.41) is 14.3. The van der Waals surface area contributed by atoms with Crippen LogP contribution in [0.2, 0.25) is 0 Å². The van der Waals surface area contributed by atoms with Crippen molar-refractivity contribution in [3.63, 3.8) is 0 Å². The summed E-state index contributed by atoms with van der Waals surface area (Å²) in [6.45, 7) is 2.49. The average molecular weight is 282 g/mol. The van der Waals surface area contributed by atoms with E-state index in [1.807, 2.05) is 6.92 Å². The van der Waals surface area contributed by atoms with Gasteiger partial charge in [-0.25, -0.2) is 0 Å². The molecule has 0 fully saturated rings. The van der Waals surface area contributed by atoms with Crippen molar-refractivity contribution in [3.8, 4) is 6.07 Å². The van der Waals surface area contributed by atoms with Crippen molar-refractivity contribution in [1.82, 2.24) is 10.6 Å². The van der Waals surface area contributed by atoms with Crippen LogP contribution in [0.4, 0.5) is 0 Å². The third-order valence-corrected chi connectivity index (χ3v) is 1.26. The van der Waals surface area contributed by atoms with Gasteiger partial charge in [0.1, 0.15) is 0 Å². The molecule has 1 unspecified atom stereocenters. The minimum atomic E-state index is 0. The molecule has 0 saturated heterocycles. The minimum absolute atomic E-state index is 0. The maximum atomic E-state index is 8.44. The number of nitrogens with one attached hydrogen (secondary N) is 2. The summed E-state index contributed by atoms with van der Waals surface area (Å²) >= 11 is 0. The zero-order valence-corrected chi connectivity index (χ0v) is 9.92. The second-order valence-corrected chi connectivity index (χ2v) is 2.23. The smallest absolute Gasteiger partial charge is 0.190 e. The molecular weight excluding hydrogens is 267 g/mol. The SMILES string of the molecule is CN=C(NC)NCC(C)C#N.I. The summed E-state index contributed by atoms with van der Waals surface area (Å²) in [6, 6.07) is 2.12. The Hall–Kier alpha value is -0.510. The second kappa shape index (κ2) is 8.59. The Bertz CT molecular complexity index is 173. The first kappa shape index (κ1) is 14.0. The van der Waals surface area contributed by atoms with Crippen LogP contribution in [0, 0.1) is 17.2 Å². The normalized spacial score (nSPS) is 12.3. The van der Waals surface area contributed by atoms with Gasteiger partial charge in [0.25, 0.3) is 0 Å². The highest BCUT2D eigenvalue weighted by atomic mass is 127. The summed E-state index contributed by atoms with van der Waals surface area (Å²) in [4.78, 5) is 3.90. The lowest BCUT2D eigenvalue weighted by molar-refractivity contribution is 0.691. The van der Waals surface area contributed by atoms with Crippen LogP contribution in [0.5, 0.6) is 0 Å². The van der Waals surface area contributed by atoms with E-state index in [1.54, 1.807) is 14.1 Å². The van der Waals surface area contributed by atoms with Gasteiger partial charge in [0.2, 0.25) is 0 Å². The Morgan fingerprint density at radius 2 is 2.25 bits per heavy atom. The van der Waals surface area contributed by atoms with Crippen molar-refractivity contribution in [2.75, 3.05) is 20.6 Å². The number of aliphatic imine (C=N–C) groups is 1. The van der Waals surface area contributed by atoms with Gasteiger partial charge in [-0.1, -0.05) is 0 Å². The number of halogens is 1. The van der Waals surface area contributed by atoms with E-state index in [0.29, 0.717) is 12.5 Å². The predicted octanol–water partition coefficient (Wildman–Crippen LogP) is 0.559. The number of hydrogen-bond donors (Lipinski definition) is 2. The fraction of sp³-hybridized carbons (Fsp3) is 0.714. The molecule has 0 rings (SSSR count). The summed E-state index contributed by atoms with van der Waals surface area (Å²) in [7, 11) is 3.47. The van der Waals surface area contributed by atoms with Crippen LogP contribution in [0.15, 0.2) is 4.99 Å². The molecule has 4 nitrogen and oxygen atoms in total. The molecular formula is C7H15IN4. The number of guanidine groups is 1. The Kier molecular flexibility index (Phi) is 10.0. The Labute approximate surface area is 90.5 Å². The fourth-order valence-electron chi connectivity index (χ4n) is 0.575. The van der Waals surface area contributed by atoms with Gasteiger partial charge in [0.15, 0.2) is 5.96 Å². The van der Waals surface area contributed by atoms with Crippen LogP contribution in [0.3, 0.4) is 0 Å². The minimum Gasteiger partial charge on any atom is -0.359 e. The highest BCUT2D eigenvalue weighted by Crippen LogP contribution is 1.86. The van der Waals surface area contributed by atoms with Crippen LogP contribution in [0.1, 0.15) is 6.92 Å². The lowest BCUT2D eigenvalue weighted by atomic mass is 10.2. The molecule has 0 aliphatic carbocycles. The molecule has 0 radical (unpaired) electrons. The van der Waals surface area contributed by atoms with Gasteiger partial charge in [0, 0.05) is 20.6 Å². The van der Waals surface area contributed by atoms with Gasteiger partial charge < -0.3 is 10.6 Å². The molecule has 0 aromatic carbocycles. The predicted molar refractivity (Wildman–Crippen MR) is 60.6 cm³/mol. The first-order valence-electron chi connectivity index (χ1n) is 3.52. The van der Waals surface area contributed by atoms with Crippen LogP contribution in [-0.2, 0) is 0 Å². The first-order chi connectivity index (χ1) is 5.24. The van der Waals surface area contributed by atoms with E-state index < -0.39 is 0 Å². The highest BCUT2D eigenvalue weighted by Gasteiger charge is 1.98. The Balaban J connectivity index is 0. The molecule has 0 spiro atoms. The van der Waals surface area contributed by atoms with Gasteiger partial charge >= 0.3 is 0 Å². The van der Waals surface area contributed by atoms with Crippen LogP contribution < -0.4 is 10.6 Å². The molecule has 0 aromatic rings. The monoisotopic (exact) mass is 282 g/mol. The molecule has 0 bridgehead atoms. The molecule has 0 aliphatic heterocycles. The largest absolute Gasteiger partial charge is 0.359 e.